The van der Waals surface area contributed by atoms with Crippen molar-refractivity contribution < 1.29 is 5.11 Å². The Balaban J connectivity index is 2.25. The molecule has 1 aromatic heterocycles. The number of hydrogen-bond donors (Lipinski definition) is 1. The van der Waals surface area contributed by atoms with E-state index in [-0.39, 0.29) is 0 Å². The highest BCUT2D eigenvalue weighted by molar-refractivity contribution is 7.10. The van der Waals surface area contributed by atoms with Crippen molar-refractivity contribution in [3.8, 4) is 0 Å². The first kappa shape index (κ1) is 10.2. The van der Waals surface area contributed by atoms with E-state index in [1.165, 1.54) is 36.1 Å². The summed E-state index contributed by atoms with van der Waals surface area (Å²) in [7, 11) is 0. The van der Waals surface area contributed by atoms with Gasteiger partial charge in [0.2, 0.25) is 0 Å². The minimum atomic E-state index is -0.505. The van der Waals surface area contributed by atoms with Crippen LogP contribution in [-0.4, -0.2) is 5.11 Å². The molecule has 1 N–H and O–H groups in total. The minimum Gasteiger partial charge on any atom is -0.384 e. The molecule has 14 heavy (non-hydrogen) atoms. The van der Waals surface area contributed by atoms with E-state index in [0.29, 0.717) is 0 Å². The van der Waals surface area contributed by atoms with Crippen LogP contribution in [0.1, 0.15) is 49.0 Å². The monoisotopic (exact) mass is 210 g/mol. The third-order valence-electron chi connectivity index (χ3n) is 3.22. The van der Waals surface area contributed by atoms with Gasteiger partial charge in [0.25, 0.3) is 0 Å². The van der Waals surface area contributed by atoms with Crippen LogP contribution < -0.4 is 0 Å². The zero-order chi connectivity index (χ0) is 10.0. The van der Waals surface area contributed by atoms with Gasteiger partial charge in [-0.3, -0.25) is 0 Å². The second kappa shape index (κ2) is 4.03. The van der Waals surface area contributed by atoms with E-state index < -0.39 is 5.60 Å². The first-order valence-corrected chi connectivity index (χ1v) is 6.37. The number of rotatable bonds is 1. The first-order chi connectivity index (χ1) is 6.72. The molecule has 0 aromatic carbocycles. The standard InChI is InChI=1S/C12H18OS/c1-10-6-9-14-11(10)12(13)7-4-2-3-5-8-12/h6,9,13H,2-5,7-8H2,1H3. The molecule has 2 heteroatoms. The van der Waals surface area contributed by atoms with Gasteiger partial charge in [-0.2, -0.15) is 0 Å². The quantitative estimate of drug-likeness (QED) is 0.702. The third kappa shape index (κ3) is 1.86. The maximum atomic E-state index is 10.6. The van der Waals surface area contributed by atoms with E-state index in [2.05, 4.69) is 18.4 Å². The van der Waals surface area contributed by atoms with Gasteiger partial charge < -0.3 is 5.11 Å². The van der Waals surface area contributed by atoms with Crippen molar-refractivity contribution in [1.82, 2.24) is 0 Å². The summed E-state index contributed by atoms with van der Waals surface area (Å²) < 4.78 is 0. The van der Waals surface area contributed by atoms with Crippen LogP contribution in [0.2, 0.25) is 0 Å². The third-order valence-corrected chi connectivity index (χ3v) is 4.43. The maximum absolute atomic E-state index is 10.6. The molecule has 0 aliphatic heterocycles. The summed E-state index contributed by atoms with van der Waals surface area (Å²) in [5.74, 6) is 0. The molecule has 1 aliphatic carbocycles. The van der Waals surface area contributed by atoms with Gasteiger partial charge >= 0.3 is 0 Å². The lowest BCUT2D eigenvalue weighted by atomic mass is 9.91. The second-order valence-corrected chi connectivity index (χ2v) is 5.29. The van der Waals surface area contributed by atoms with Crippen LogP contribution in [0.25, 0.3) is 0 Å². The van der Waals surface area contributed by atoms with Crippen molar-refractivity contribution >= 4 is 11.3 Å². The van der Waals surface area contributed by atoms with Crippen LogP contribution in [0.5, 0.6) is 0 Å². The smallest absolute Gasteiger partial charge is 0.0990 e. The molecule has 1 saturated carbocycles. The van der Waals surface area contributed by atoms with Gasteiger partial charge in [-0.1, -0.05) is 25.7 Å². The van der Waals surface area contributed by atoms with Crippen LogP contribution in [0, 0.1) is 6.92 Å². The lowest BCUT2D eigenvalue weighted by Crippen LogP contribution is -2.24. The average molecular weight is 210 g/mol. The predicted molar refractivity (Wildman–Crippen MR) is 60.7 cm³/mol. The maximum Gasteiger partial charge on any atom is 0.0990 e. The summed E-state index contributed by atoms with van der Waals surface area (Å²) in [4.78, 5) is 1.21. The van der Waals surface area contributed by atoms with Crippen molar-refractivity contribution in [2.75, 3.05) is 0 Å². The van der Waals surface area contributed by atoms with Gasteiger partial charge in [0, 0.05) is 4.88 Å². The highest BCUT2D eigenvalue weighted by Gasteiger charge is 2.32. The Labute approximate surface area is 89.8 Å². The number of thiophene rings is 1. The molecule has 1 nitrogen and oxygen atoms in total. The molecule has 0 radical (unpaired) electrons. The molecule has 0 amide bonds. The Morgan fingerprint density at radius 3 is 2.36 bits per heavy atom. The van der Waals surface area contributed by atoms with Crippen molar-refractivity contribution in [3.05, 3.63) is 21.9 Å². The highest BCUT2D eigenvalue weighted by atomic mass is 32.1. The van der Waals surface area contributed by atoms with Crippen molar-refractivity contribution in [2.45, 2.75) is 51.0 Å². The van der Waals surface area contributed by atoms with Gasteiger partial charge in [-0.25, -0.2) is 0 Å². The Morgan fingerprint density at radius 2 is 1.86 bits per heavy atom. The summed E-state index contributed by atoms with van der Waals surface area (Å²) in [5, 5.41) is 12.7. The van der Waals surface area contributed by atoms with Crippen molar-refractivity contribution in [1.29, 1.82) is 0 Å². The molecular weight excluding hydrogens is 192 g/mol. The van der Waals surface area contributed by atoms with Gasteiger partial charge in [-0.15, -0.1) is 11.3 Å². The Kier molecular flexibility index (Phi) is 2.93. The molecule has 1 aromatic rings. The van der Waals surface area contributed by atoms with E-state index in [1.807, 2.05) is 0 Å². The Hall–Kier alpha value is -0.340. The summed E-state index contributed by atoms with van der Waals surface area (Å²) in [5.41, 5.74) is 0.758. The second-order valence-electron chi connectivity index (χ2n) is 4.38. The van der Waals surface area contributed by atoms with E-state index in [9.17, 15) is 5.11 Å². The molecule has 0 saturated heterocycles. The summed E-state index contributed by atoms with van der Waals surface area (Å²) in [6, 6.07) is 2.11. The fourth-order valence-electron chi connectivity index (χ4n) is 2.39. The molecule has 0 spiro atoms. The molecule has 0 unspecified atom stereocenters. The molecular formula is C12H18OS. The van der Waals surface area contributed by atoms with Gasteiger partial charge in [-0.05, 0) is 36.8 Å². The topological polar surface area (TPSA) is 20.2 Å². The van der Waals surface area contributed by atoms with Gasteiger partial charge in [0.05, 0.1) is 5.60 Å². The van der Waals surface area contributed by atoms with E-state index in [4.69, 9.17) is 0 Å². The molecule has 2 rings (SSSR count). The molecule has 0 atom stereocenters. The predicted octanol–water partition coefficient (Wildman–Crippen LogP) is 3.60. The first-order valence-electron chi connectivity index (χ1n) is 5.49. The van der Waals surface area contributed by atoms with E-state index in [0.717, 1.165) is 12.8 Å². The molecule has 1 fully saturated rings. The highest BCUT2D eigenvalue weighted by Crippen LogP contribution is 2.39. The minimum absolute atomic E-state index is 0.505. The fraction of sp³-hybridized carbons (Fsp3) is 0.667. The number of hydrogen-bond acceptors (Lipinski definition) is 2. The van der Waals surface area contributed by atoms with Crippen LogP contribution in [-0.2, 0) is 5.60 Å². The number of aliphatic hydroxyl groups is 1. The lowest BCUT2D eigenvalue weighted by Gasteiger charge is -2.26. The van der Waals surface area contributed by atoms with Crippen LogP contribution in [0.4, 0.5) is 0 Å². The van der Waals surface area contributed by atoms with Crippen LogP contribution in [0.15, 0.2) is 11.4 Å². The Morgan fingerprint density at radius 1 is 1.21 bits per heavy atom. The van der Waals surface area contributed by atoms with Gasteiger partial charge in [0.15, 0.2) is 0 Å². The fourth-order valence-corrected chi connectivity index (χ4v) is 3.48. The van der Waals surface area contributed by atoms with Crippen LogP contribution >= 0.6 is 11.3 Å². The lowest BCUT2D eigenvalue weighted by molar-refractivity contribution is 0.0238. The zero-order valence-corrected chi connectivity index (χ0v) is 9.57. The van der Waals surface area contributed by atoms with E-state index in [1.54, 1.807) is 11.3 Å². The van der Waals surface area contributed by atoms with E-state index >= 15 is 0 Å². The SMILES string of the molecule is Cc1ccsc1C1(O)CCCCCC1. The summed E-state index contributed by atoms with van der Waals surface area (Å²) in [6.07, 6.45) is 6.82. The van der Waals surface area contributed by atoms with Crippen LogP contribution in [0.3, 0.4) is 0 Å². The molecule has 78 valence electrons. The zero-order valence-electron chi connectivity index (χ0n) is 8.75. The Bertz CT molecular complexity index is 295. The van der Waals surface area contributed by atoms with Gasteiger partial charge in [0.1, 0.15) is 0 Å². The van der Waals surface area contributed by atoms with Crippen molar-refractivity contribution in [3.63, 3.8) is 0 Å². The molecule has 1 aliphatic rings. The van der Waals surface area contributed by atoms with Crippen molar-refractivity contribution in [2.24, 2.45) is 0 Å². The average Bonchev–Trinajstić information content (AvgIpc) is 2.46. The molecule has 1 heterocycles. The summed E-state index contributed by atoms with van der Waals surface area (Å²) >= 11 is 1.71. The largest absolute Gasteiger partial charge is 0.384 e. The number of aryl methyl sites for hydroxylation is 1. The molecule has 0 bridgehead atoms. The summed E-state index contributed by atoms with van der Waals surface area (Å²) in [6.45, 7) is 2.11. The normalized spacial score (nSPS) is 21.9.